The SMILES string of the molecule is O=C(O)CCCCCCCCCCCCSc1cccc2c1CN(C1CCC(=O)NC1=O)C2=O. The number of aliphatic carboxylic acids is 1. The maximum atomic E-state index is 12.9. The summed E-state index contributed by atoms with van der Waals surface area (Å²) >= 11 is 1.78. The molecule has 0 radical (unpaired) electrons. The lowest BCUT2D eigenvalue weighted by Crippen LogP contribution is -2.52. The first-order chi connectivity index (χ1) is 16.5. The van der Waals surface area contributed by atoms with Gasteiger partial charge in [0.05, 0.1) is 0 Å². The molecule has 0 saturated carbocycles. The van der Waals surface area contributed by atoms with E-state index in [2.05, 4.69) is 11.4 Å². The molecule has 1 aromatic carbocycles. The van der Waals surface area contributed by atoms with Crippen molar-refractivity contribution in [2.24, 2.45) is 0 Å². The number of benzene rings is 1. The number of imide groups is 1. The smallest absolute Gasteiger partial charge is 0.303 e. The van der Waals surface area contributed by atoms with Gasteiger partial charge >= 0.3 is 5.97 Å². The van der Waals surface area contributed by atoms with Gasteiger partial charge in [0.15, 0.2) is 0 Å². The van der Waals surface area contributed by atoms with Crippen LogP contribution in [0.25, 0.3) is 0 Å². The highest BCUT2D eigenvalue weighted by Crippen LogP contribution is 2.34. The third-order valence-electron chi connectivity index (χ3n) is 6.58. The number of hydrogen-bond acceptors (Lipinski definition) is 5. The minimum atomic E-state index is -0.697. The van der Waals surface area contributed by atoms with Gasteiger partial charge in [0.1, 0.15) is 6.04 Å². The number of nitrogens with zero attached hydrogens (tertiary/aromatic N) is 1. The molecule has 3 amide bonds. The van der Waals surface area contributed by atoms with Crippen LogP contribution in [0.2, 0.25) is 0 Å². The number of carboxylic acid groups (broad SMARTS) is 1. The van der Waals surface area contributed by atoms with Crippen molar-refractivity contribution in [2.75, 3.05) is 5.75 Å². The zero-order valence-corrected chi connectivity index (χ0v) is 20.7. The minimum absolute atomic E-state index is 0.117. The van der Waals surface area contributed by atoms with E-state index in [1.165, 1.54) is 38.5 Å². The first kappa shape index (κ1) is 26.3. The van der Waals surface area contributed by atoms with E-state index in [0.29, 0.717) is 18.5 Å². The second-order valence-electron chi connectivity index (χ2n) is 9.21. The van der Waals surface area contributed by atoms with E-state index in [1.807, 2.05) is 12.1 Å². The van der Waals surface area contributed by atoms with Crippen molar-refractivity contribution < 1.29 is 24.3 Å². The fourth-order valence-corrected chi connectivity index (χ4v) is 5.76. The highest BCUT2D eigenvalue weighted by Gasteiger charge is 2.39. The van der Waals surface area contributed by atoms with Crippen LogP contribution in [0.4, 0.5) is 0 Å². The topological polar surface area (TPSA) is 104 Å². The molecule has 2 N–H and O–H groups in total. The number of unbranched alkanes of at least 4 members (excludes halogenated alkanes) is 9. The molecule has 186 valence electrons. The summed E-state index contributed by atoms with van der Waals surface area (Å²) in [5, 5.41) is 11.0. The Morgan fingerprint density at radius 1 is 0.971 bits per heavy atom. The minimum Gasteiger partial charge on any atom is -0.481 e. The Morgan fingerprint density at radius 2 is 1.62 bits per heavy atom. The number of hydrogen-bond donors (Lipinski definition) is 2. The lowest BCUT2D eigenvalue weighted by molar-refractivity contribution is -0.138. The van der Waals surface area contributed by atoms with Gasteiger partial charge in [-0.25, -0.2) is 0 Å². The first-order valence-corrected chi connectivity index (χ1v) is 13.6. The maximum Gasteiger partial charge on any atom is 0.303 e. The third kappa shape index (κ3) is 7.58. The van der Waals surface area contributed by atoms with Gasteiger partial charge in [-0.05, 0) is 42.7 Å². The summed E-state index contributed by atoms with van der Waals surface area (Å²) in [6, 6.07) is 5.23. The molecular formula is C26H36N2O5S. The maximum absolute atomic E-state index is 12.9. The second kappa shape index (κ2) is 13.5. The molecule has 0 aromatic heterocycles. The van der Waals surface area contributed by atoms with Crippen molar-refractivity contribution >= 4 is 35.5 Å². The Labute approximate surface area is 206 Å². The monoisotopic (exact) mass is 488 g/mol. The van der Waals surface area contributed by atoms with Crippen LogP contribution in [-0.2, 0) is 20.9 Å². The van der Waals surface area contributed by atoms with Crippen LogP contribution in [0.5, 0.6) is 0 Å². The summed E-state index contributed by atoms with van der Waals surface area (Å²) in [4.78, 5) is 49.8. The summed E-state index contributed by atoms with van der Waals surface area (Å²) < 4.78 is 0. The van der Waals surface area contributed by atoms with Crippen LogP contribution in [-0.4, -0.2) is 45.5 Å². The van der Waals surface area contributed by atoms with Crippen molar-refractivity contribution in [2.45, 2.75) is 101 Å². The number of carbonyl (C=O) groups is 4. The van der Waals surface area contributed by atoms with Crippen LogP contribution >= 0.6 is 11.8 Å². The van der Waals surface area contributed by atoms with Gasteiger partial charge in [-0.1, -0.05) is 57.4 Å². The predicted molar refractivity (Wildman–Crippen MR) is 132 cm³/mol. The molecular weight excluding hydrogens is 452 g/mol. The van der Waals surface area contributed by atoms with Gasteiger partial charge in [-0.3, -0.25) is 24.5 Å². The summed E-state index contributed by atoms with van der Waals surface area (Å²) in [6.07, 6.45) is 12.4. The number of thioether (sulfide) groups is 1. The van der Waals surface area contributed by atoms with Gasteiger partial charge in [-0.15, -0.1) is 11.8 Å². The van der Waals surface area contributed by atoms with Crippen LogP contribution in [0.1, 0.15) is 99.4 Å². The van der Waals surface area contributed by atoms with Crippen LogP contribution < -0.4 is 5.32 Å². The third-order valence-corrected chi connectivity index (χ3v) is 7.77. The highest BCUT2D eigenvalue weighted by molar-refractivity contribution is 7.99. The summed E-state index contributed by atoms with van der Waals surface area (Å²) in [6.45, 7) is 0.430. The molecule has 1 unspecified atom stereocenters. The van der Waals surface area contributed by atoms with Crippen molar-refractivity contribution in [3.05, 3.63) is 29.3 Å². The average Bonchev–Trinajstić information content (AvgIpc) is 3.14. The molecule has 0 spiro atoms. The molecule has 0 aliphatic carbocycles. The van der Waals surface area contributed by atoms with Crippen LogP contribution in [0.3, 0.4) is 0 Å². The number of carbonyl (C=O) groups excluding carboxylic acids is 3. The molecule has 2 heterocycles. The molecule has 1 atom stereocenters. The van der Waals surface area contributed by atoms with E-state index in [4.69, 9.17) is 5.11 Å². The molecule has 0 bridgehead atoms. The molecule has 1 fully saturated rings. The Kier molecular flexibility index (Phi) is 10.4. The molecule has 1 saturated heterocycles. The van der Waals surface area contributed by atoms with Gasteiger partial charge in [0.25, 0.3) is 5.91 Å². The Bertz CT molecular complexity index is 888. The fourth-order valence-electron chi connectivity index (χ4n) is 4.67. The number of nitrogens with one attached hydrogen (secondary N) is 1. The van der Waals surface area contributed by atoms with E-state index in [0.717, 1.165) is 41.9 Å². The van der Waals surface area contributed by atoms with Crippen LogP contribution in [0, 0.1) is 0 Å². The number of piperidine rings is 1. The first-order valence-electron chi connectivity index (χ1n) is 12.6. The fraction of sp³-hybridized carbons (Fsp3) is 0.615. The average molecular weight is 489 g/mol. The molecule has 2 aliphatic heterocycles. The van der Waals surface area contributed by atoms with E-state index in [9.17, 15) is 19.2 Å². The summed E-state index contributed by atoms with van der Waals surface area (Å²) in [5.74, 6) is -0.446. The molecule has 7 nitrogen and oxygen atoms in total. The molecule has 2 aliphatic rings. The van der Waals surface area contributed by atoms with Crippen molar-refractivity contribution in [1.29, 1.82) is 0 Å². The number of carboxylic acids is 1. The Hall–Kier alpha value is -2.35. The highest BCUT2D eigenvalue weighted by atomic mass is 32.2. The normalized spacial score (nSPS) is 17.7. The Balaban J connectivity index is 1.31. The van der Waals surface area contributed by atoms with Crippen LogP contribution in [0.15, 0.2) is 23.1 Å². The van der Waals surface area contributed by atoms with Gasteiger partial charge in [0, 0.05) is 29.8 Å². The van der Waals surface area contributed by atoms with E-state index in [1.54, 1.807) is 16.7 Å². The van der Waals surface area contributed by atoms with Crippen molar-refractivity contribution in [1.82, 2.24) is 10.2 Å². The van der Waals surface area contributed by atoms with E-state index in [-0.39, 0.29) is 30.6 Å². The van der Waals surface area contributed by atoms with Crippen molar-refractivity contribution in [3.8, 4) is 0 Å². The van der Waals surface area contributed by atoms with Gasteiger partial charge < -0.3 is 10.0 Å². The summed E-state index contributed by atoms with van der Waals surface area (Å²) in [5.41, 5.74) is 1.68. The molecule has 1 aromatic rings. The lowest BCUT2D eigenvalue weighted by atomic mass is 10.0. The standard InChI is InChI=1S/C26H36N2O5S/c29-23-16-15-21(25(32)27-23)28-18-20-19(26(28)33)12-11-13-22(20)34-17-10-8-6-4-2-1-3-5-7-9-14-24(30)31/h11-13,21H,1-10,14-18H2,(H,30,31)(H,27,29,32). The quantitative estimate of drug-likeness (QED) is 0.206. The Morgan fingerprint density at radius 3 is 2.26 bits per heavy atom. The molecule has 8 heteroatoms. The summed E-state index contributed by atoms with van der Waals surface area (Å²) in [7, 11) is 0. The molecule has 34 heavy (non-hydrogen) atoms. The largest absolute Gasteiger partial charge is 0.481 e. The van der Waals surface area contributed by atoms with Gasteiger partial charge in [0.2, 0.25) is 11.8 Å². The van der Waals surface area contributed by atoms with E-state index < -0.39 is 12.0 Å². The van der Waals surface area contributed by atoms with Gasteiger partial charge in [-0.2, -0.15) is 0 Å². The number of amides is 3. The molecule has 3 rings (SSSR count). The number of fused-ring (bicyclic) bond motifs is 1. The lowest BCUT2D eigenvalue weighted by Gasteiger charge is -2.29. The van der Waals surface area contributed by atoms with Crippen molar-refractivity contribution in [3.63, 3.8) is 0 Å². The van der Waals surface area contributed by atoms with E-state index >= 15 is 0 Å². The second-order valence-corrected chi connectivity index (χ2v) is 10.3. The zero-order chi connectivity index (χ0) is 24.3. The predicted octanol–water partition coefficient (Wildman–Crippen LogP) is 4.92. The number of rotatable bonds is 15. The zero-order valence-electron chi connectivity index (χ0n) is 19.9.